The number of ether oxygens (including phenoxy) is 2. The normalized spacial score (nSPS) is 27.6. The number of aliphatic hydroxyl groups excluding tert-OH is 1. The van der Waals surface area contributed by atoms with E-state index < -0.39 is 21.7 Å². The molecule has 1 saturated heterocycles. The van der Waals surface area contributed by atoms with E-state index in [9.17, 15) is 8.42 Å². The van der Waals surface area contributed by atoms with Gasteiger partial charge in [0.1, 0.15) is 11.9 Å². The van der Waals surface area contributed by atoms with Crippen molar-refractivity contribution in [1.29, 1.82) is 0 Å². The van der Waals surface area contributed by atoms with Crippen LogP contribution in [0.25, 0.3) is 0 Å². The van der Waals surface area contributed by atoms with E-state index in [0.29, 0.717) is 10.6 Å². The van der Waals surface area contributed by atoms with E-state index in [2.05, 4.69) is 0 Å². The van der Waals surface area contributed by atoms with Gasteiger partial charge >= 0.3 is 0 Å². The molecule has 1 aliphatic heterocycles. The zero-order valence-electron chi connectivity index (χ0n) is 10.4. The predicted octanol–water partition coefficient (Wildman–Crippen LogP) is 0.945. The van der Waals surface area contributed by atoms with Crippen LogP contribution in [-0.4, -0.2) is 44.9 Å². The third-order valence-electron chi connectivity index (χ3n) is 2.80. The van der Waals surface area contributed by atoms with Crippen molar-refractivity contribution in [3.8, 4) is 0 Å². The van der Waals surface area contributed by atoms with Crippen molar-refractivity contribution in [1.82, 2.24) is 0 Å². The van der Waals surface area contributed by atoms with Crippen LogP contribution in [0.4, 0.5) is 0 Å². The van der Waals surface area contributed by atoms with Gasteiger partial charge in [-0.1, -0.05) is 23.7 Å². The van der Waals surface area contributed by atoms with Gasteiger partial charge in [0.25, 0.3) is 0 Å². The van der Waals surface area contributed by atoms with Crippen molar-refractivity contribution in [2.24, 2.45) is 0 Å². The molecular weight excluding hydrogens is 292 g/mol. The van der Waals surface area contributed by atoms with E-state index in [4.69, 9.17) is 26.2 Å². The van der Waals surface area contributed by atoms with Gasteiger partial charge < -0.3 is 14.6 Å². The van der Waals surface area contributed by atoms with Gasteiger partial charge in [0.15, 0.2) is 9.84 Å². The molecule has 2 atom stereocenters. The highest BCUT2D eigenvalue weighted by molar-refractivity contribution is 7.90. The molecule has 19 heavy (non-hydrogen) atoms. The van der Waals surface area contributed by atoms with Crippen LogP contribution in [0.1, 0.15) is 5.56 Å². The van der Waals surface area contributed by atoms with Gasteiger partial charge in [-0.3, -0.25) is 0 Å². The van der Waals surface area contributed by atoms with Crippen molar-refractivity contribution in [2.45, 2.75) is 11.9 Å². The van der Waals surface area contributed by atoms with E-state index in [1.807, 2.05) is 0 Å². The Bertz CT molecular complexity index is 542. The average molecular weight is 307 g/mol. The van der Waals surface area contributed by atoms with Crippen molar-refractivity contribution in [3.63, 3.8) is 0 Å². The zero-order valence-corrected chi connectivity index (χ0v) is 11.9. The molecule has 0 amide bonds. The zero-order chi connectivity index (χ0) is 14.1. The first-order valence-corrected chi connectivity index (χ1v) is 8.15. The highest BCUT2D eigenvalue weighted by Crippen LogP contribution is 2.36. The Morgan fingerprint density at radius 1 is 1.42 bits per heavy atom. The third kappa shape index (κ3) is 3.46. The molecule has 0 saturated carbocycles. The summed E-state index contributed by atoms with van der Waals surface area (Å²) in [6.07, 6.45) is 0.585. The molecular formula is C12H15ClO5S. The molecule has 1 aliphatic rings. The lowest BCUT2D eigenvalue weighted by molar-refractivity contribution is -0.162. The van der Waals surface area contributed by atoms with Crippen LogP contribution in [0.15, 0.2) is 24.3 Å². The second-order valence-corrected chi connectivity index (χ2v) is 7.14. The summed E-state index contributed by atoms with van der Waals surface area (Å²) in [6.45, 7) is -0.0756. The number of rotatable bonds is 4. The molecule has 2 rings (SSSR count). The van der Waals surface area contributed by atoms with Crippen molar-refractivity contribution >= 4 is 21.4 Å². The van der Waals surface area contributed by atoms with Crippen LogP contribution in [0.5, 0.6) is 0 Å². The summed E-state index contributed by atoms with van der Waals surface area (Å²) in [4.78, 5) is 0. The molecule has 7 heteroatoms. The average Bonchev–Trinajstić information content (AvgIpc) is 2.72. The minimum atomic E-state index is -3.32. The highest BCUT2D eigenvalue weighted by atomic mass is 35.5. The Morgan fingerprint density at radius 3 is 2.53 bits per heavy atom. The fraction of sp³-hybridized carbons (Fsp3) is 0.500. The largest absolute Gasteiger partial charge is 0.394 e. The lowest BCUT2D eigenvalue weighted by Gasteiger charge is -2.27. The lowest BCUT2D eigenvalue weighted by atomic mass is 10.1. The minimum Gasteiger partial charge on any atom is -0.394 e. The molecule has 0 spiro atoms. The van der Waals surface area contributed by atoms with Crippen molar-refractivity contribution < 1.29 is 23.0 Å². The van der Waals surface area contributed by atoms with E-state index >= 15 is 0 Å². The molecule has 0 aromatic heterocycles. The first-order chi connectivity index (χ1) is 8.85. The molecule has 106 valence electrons. The molecule has 0 bridgehead atoms. The molecule has 1 aromatic rings. The highest BCUT2D eigenvalue weighted by Gasteiger charge is 2.45. The standard InChI is InChI=1S/C12H15ClO5S/c1-19(15,16)8-12(17-7-11(6-14)18-12)9-2-4-10(13)5-3-9/h2-5,11,14H,6-8H2,1H3/t11-,12-/m1/s1. The van der Waals surface area contributed by atoms with Gasteiger partial charge in [-0.15, -0.1) is 0 Å². The number of hydrogen-bond donors (Lipinski definition) is 1. The van der Waals surface area contributed by atoms with Gasteiger partial charge in [0.2, 0.25) is 5.79 Å². The van der Waals surface area contributed by atoms with Gasteiger partial charge in [-0.2, -0.15) is 0 Å². The second-order valence-electron chi connectivity index (χ2n) is 4.56. The molecule has 1 N–H and O–H groups in total. The second kappa shape index (κ2) is 5.38. The van der Waals surface area contributed by atoms with Gasteiger partial charge in [-0.25, -0.2) is 8.42 Å². The Morgan fingerprint density at radius 2 is 2.05 bits per heavy atom. The van der Waals surface area contributed by atoms with Crippen LogP contribution in [0.2, 0.25) is 5.02 Å². The summed E-state index contributed by atoms with van der Waals surface area (Å²) in [7, 11) is -3.32. The smallest absolute Gasteiger partial charge is 0.209 e. The van der Waals surface area contributed by atoms with Gasteiger partial charge in [-0.05, 0) is 12.1 Å². The number of hydrogen-bond acceptors (Lipinski definition) is 5. The van der Waals surface area contributed by atoms with Crippen LogP contribution >= 0.6 is 11.6 Å². The van der Waals surface area contributed by atoms with Gasteiger partial charge in [0, 0.05) is 16.8 Å². The Hall–Kier alpha value is -0.660. The maximum Gasteiger partial charge on any atom is 0.209 e. The minimum absolute atomic E-state index is 0.147. The molecule has 5 nitrogen and oxygen atoms in total. The monoisotopic (exact) mass is 306 g/mol. The van der Waals surface area contributed by atoms with Crippen LogP contribution in [0, 0.1) is 0 Å². The van der Waals surface area contributed by atoms with Crippen LogP contribution < -0.4 is 0 Å². The molecule has 1 aromatic carbocycles. The fourth-order valence-corrected chi connectivity index (χ4v) is 3.15. The number of sulfone groups is 1. The molecule has 1 heterocycles. The Kier molecular flexibility index (Phi) is 4.17. The number of aliphatic hydroxyl groups is 1. The quantitative estimate of drug-likeness (QED) is 0.896. The van der Waals surface area contributed by atoms with Crippen molar-refractivity contribution in [2.75, 3.05) is 25.2 Å². The maximum absolute atomic E-state index is 11.6. The summed E-state index contributed by atoms with van der Waals surface area (Å²) in [5, 5.41) is 9.65. The SMILES string of the molecule is CS(=O)(=O)C[C@@]1(c2ccc(Cl)cc2)OC[C@@H](CO)O1. The lowest BCUT2D eigenvalue weighted by Crippen LogP contribution is -2.36. The number of halogens is 1. The van der Waals surface area contributed by atoms with E-state index in [0.717, 1.165) is 6.26 Å². The Labute approximate surface area is 117 Å². The first kappa shape index (κ1) is 14.7. The summed E-state index contributed by atoms with van der Waals surface area (Å²) >= 11 is 5.81. The van der Waals surface area contributed by atoms with E-state index in [1.165, 1.54) is 0 Å². The predicted molar refractivity (Wildman–Crippen MR) is 70.8 cm³/mol. The molecule has 0 aliphatic carbocycles. The molecule has 0 unspecified atom stereocenters. The fourth-order valence-electron chi connectivity index (χ4n) is 2.01. The molecule has 1 fully saturated rings. The van der Waals surface area contributed by atoms with Crippen LogP contribution in [0.3, 0.4) is 0 Å². The third-order valence-corrected chi connectivity index (χ3v) is 3.96. The first-order valence-electron chi connectivity index (χ1n) is 5.71. The Balaban J connectivity index is 2.37. The number of benzene rings is 1. The molecule has 0 radical (unpaired) electrons. The van der Waals surface area contributed by atoms with Gasteiger partial charge in [0.05, 0.1) is 13.2 Å². The summed E-state index contributed by atoms with van der Waals surface area (Å²) in [6, 6.07) is 6.60. The van der Waals surface area contributed by atoms with Crippen molar-refractivity contribution in [3.05, 3.63) is 34.9 Å². The van der Waals surface area contributed by atoms with E-state index in [1.54, 1.807) is 24.3 Å². The topological polar surface area (TPSA) is 72.8 Å². The van der Waals surface area contributed by atoms with E-state index in [-0.39, 0.29) is 19.0 Å². The summed E-state index contributed by atoms with van der Waals surface area (Å²) in [5.41, 5.74) is 0.568. The van der Waals surface area contributed by atoms with Crippen LogP contribution in [-0.2, 0) is 25.1 Å². The summed E-state index contributed by atoms with van der Waals surface area (Å²) in [5.74, 6) is -1.68. The maximum atomic E-state index is 11.6. The summed E-state index contributed by atoms with van der Waals surface area (Å²) < 4.78 is 34.3.